The Morgan fingerprint density at radius 2 is 2.05 bits per heavy atom. The summed E-state index contributed by atoms with van der Waals surface area (Å²) in [4.78, 5) is 7.76. The van der Waals surface area contributed by atoms with Gasteiger partial charge in [0.1, 0.15) is 4.90 Å². The van der Waals surface area contributed by atoms with Gasteiger partial charge in [-0.05, 0) is 23.8 Å². The summed E-state index contributed by atoms with van der Waals surface area (Å²) in [6.07, 6.45) is 4.42. The Morgan fingerprint density at radius 3 is 2.62 bits per heavy atom. The lowest BCUT2D eigenvalue weighted by Gasteiger charge is -2.17. The first-order chi connectivity index (χ1) is 9.95. The maximum absolute atomic E-state index is 12.4. The zero-order valence-electron chi connectivity index (χ0n) is 11.2. The summed E-state index contributed by atoms with van der Waals surface area (Å²) in [5, 5.41) is 0.135. The molecular weight excluding hydrogens is 314 g/mol. The summed E-state index contributed by atoms with van der Waals surface area (Å²) in [5.74, 6) is 5.42. The maximum Gasteiger partial charge on any atom is 0.244 e. The predicted molar refractivity (Wildman–Crippen MR) is 79.9 cm³/mol. The van der Waals surface area contributed by atoms with Gasteiger partial charge in [0.2, 0.25) is 10.0 Å². The fourth-order valence-electron chi connectivity index (χ4n) is 1.68. The van der Waals surface area contributed by atoms with Crippen LogP contribution < -0.4 is 11.3 Å². The molecule has 2 rings (SSSR count). The van der Waals surface area contributed by atoms with E-state index < -0.39 is 10.0 Å². The van der Waals surface area contributed by atoms with E-state index in [1.54, 1.807) is 24.5 Å². The summed E-state index contributed by atoms with van der Waals surface area (Å²) < 4.78 is 26.1. The van der Waals surface area contributed by atoms with Crippen molar-refractivity contribution in [2.24, 2.45) is 5.84 Å². The monoisotopic (exact) mass is 327 g/mol. The zero-order valence-corrected chi connectivity index (χ0v) is 12.8. The molecule has 0 spiro atoms. The third-order valence-electron chi connectivity index (χ3n) is 2.82. The number of hydrazine groups is 1. The van der Waals surface area contributed by atoms with Crippen LogP contribution in [-0.4, -0.2) is 29.7 Å². The number of sulfonamides is 1. The molecule has 0 radical (unpaired) electrons. The minimum atomic E-state index is -3.69. The molecule has 0 saturated heterocycles. The number of hydrogen-bond donors (Lipinski definition) is 2. The highest BCUT2D eigenvalue weighted by Crippen LogP contribution is 2.24. The van der Waals surface area contributed by atoms with Crippen molar-refractivity contribution in [3.8, 4) is 0 Å². The number of nitrogens with two attached hydrogens (primary N) is 1. The number of halogens is 1. The molecule has 0 aliphatic heterocycles. The van der Waals surface area contributed by atoms with E-state index in [2.05, 4.69) is 15.4 Å². The highest BCUT2D eigenvalue weighted by molar-refractivity contribution is 7.89. The van der Waals surface area contributed by atoms with Crippen LogP contribution in [0.2, 0.25) is 5.02 Å². The lowest BCUT2D eigenvalue weighted by Crippen LogP contribution is -2.26. The lowest BCUT2D eigenvalue weighted by atomic mass is 10.3. The first kappa shape index (κ1) is 15.6. The number of pyridine rings is 2. The van der Waals surface area contributed by atoms with E-state index in [1.165, 1.54) is 23.6 Å². The maximum atomic E-state index is 12.4. The van der Waals surface area contributed by atoms with Crippen molar-refractivity contribution in [3.05, 3.63) is 47.4 Å². The first-order valence-electron chi connectivity index (χ1n) is 5.92. The number of nitrogen functional groups attached to an aromatic ring is 1. The summed E-state index contributed by atoms with van der Waals surface area (Å²) in [5.41, 5.74) is 3.11. The Labute approximate surface area is 127 Å². The summed E-state index contributed by atoms with van der Waals surface area (Å²) in [6, 6.07) is 4.81. The standard InChI is InChI=1S/C12H14ClN5O2S/c1-18(8-9-2-4-15-5-3-9)21(19,20)10-6-11(13)12(17-14)16-7-10/h2-7H,8,14H2,1H3,(H,16,17). The molecule has 21 heavy (non-hydrogen) atoms. The third kappa shape index (κ3) is 3.48. The van der Waals surface area contributed by atoms with E-state index in [0.717, 1.165) is 5.56 Å². The van der Waals surface area contributed by atoms with Crippen LogP contribution in [0.15, 0.2) is 41.7 Å². The molecule has 2 aromatic heterocycles. The van der Waals surface area contributed by atoms with E-state index in [9.17, 15) is 8.42 Å². The zero-order chi connectivity index (χ0) is 15.5. The largest absolute Gasteiger partial charge is 0.307 e. The number of nitrogens with one attached hydrogen (secondary N) is 1. The Hall–Kier alpha value is -1.74. The van der Waals surface area contributed by atoms with Gasteiger partial charge < -0.3 is 5.43 Å². The molecule has 112 valence electrons. The van der Waals surface area contributed by atoms with Crippen molar-refractivity contribution in [1.82, 2.24) is 14.3 Å². The van der Waals surface area contributed by atoms with Gasteiger partial charge in [0, 0.05) is 32.2 Å². The molecule has 3 N–H and O–H groups in total. The average Bonchev–Trinajstić information content (AvgIpc) is 2.48. The highest BCUT2D eigenvalue weighted by atomic mass is 35.5. The van der Waals surface area contributed by atoms with Gasteiger partial charge in [0.25, 0.3) is 0 Å². The molecule has 2 aromatic rings. The molecule has 9 heteroatoms. The van der Waals surface area contributed by atoms with Gasteiger partial charge in [-0.3, -0.25) is 4.98 Å². The predicted octanol–water partition coefficient (Wildman–Crippen LogP) is 1.24. The molecule has 0 unspecified atom stereocenters. The molecular formula is C12H14ClN5O2S. The summed E-state index contributed by atoms with van der Waals surface area (Å²) in [6.45, 7) is 0.222. The number of anilines is 1. The van der Waals surface area contributed by atoms with Crippen molar-refractivity contribution in [3.63, 3.8) is 0 Å². The molecule has 0 fully saturated rings. The van der Waals surface area contributed by atoms with E-state index in [4.69, 9.17) is 17.4 Å². The van der Waals surface area contributed by atoms with Gasteiger partial charge in [-0.2, -0.15) is 4.31 Å². The molecule has 7 nitrogen and oxygen atoms in total. The number of hydrogen-bond acceptors (Lipinski definition) is 6. The molecule has 0 bridgehead atoms. The highest BCUT2D eigenvalue weighted by Gasteiger charge is 2.22. The van der Waals surface area contributed by atoms with E-state index >= 15 is 0 Å². The number of nitrogens with zero attached hydrogens (tertiary/aromatic N) is 3. The Kier molecular flexibility index (Phi) is 4.73. The van der Waals surface area contributed by atoms with Gasteiger partial charge in [0.15, 0.2) is 5.82 Å². The van der Waals surface area contributed by atoms with Crippen LogP contribution in [0.5, 0.6) is 0 Å². The minimum Gasteiger partial charge on any atom is -0.307 e. The second-order valence-corrected chi connectivity index (χ2v) is 6.71. The Balaban J connectivity index is 2.27. The molecule has 0 amide bonds. The fraction of sp³-hybridized carbons (Fsp3) is 0.167. The van der Waals surface area contributed by atoms with Crippen molar-refractivity contribution >= 4 is 27.4 Å². The second kappa shape index (κ2) is 6.35. The molecule has 0 atom stereocenters. The van der Waals surface area contributed by atoms with Gasteiger partial charge in [-0.1, -0.05) is 11.6 Å². The molecule has 0 aliphatic carbocycles. The number of rotatable bonds is 5. The van der Waals surface area contributed by atoms with Crippen LogP contribution in [0.3, 0.4) is 0 Å². The van der Waals surface area contributed by atoms with Gasteiger partial charge in [-0.15, -0.1) is 0 Å². The van der Waals surface area contributed by atoms with Gasteiger partial charge >= 0.3 is 0 Å². The van der Waals surface area contributed by atoms with E-state index in [-0.39, 0.29) is 22.3 Å². The molecule has 0 aliphatic rings. The topological polar surface area (TPSA) is 101 Å². The number of aromatic nitrogens is 2. The fourth-order valence-corrected chi connectivity index (χ4v) is 3.10. The molecule has 0 saturated carbocycles. The molecule has 0 aromatic carbocycles. The van der Waals surface area contributed by atoms with E-state index in [0.29, 0.717) is 0 Å². The first-order valence-corrected chi connectivity index (χ1v) is 7.74. The van der Waals surface area contributed by atoms with E-state index in [1.807, 2.05) is 0 Å². The van der Waals surface area contributed by atoms with Crippen molar-refractivity contribution < 1.29 is 8.42 Å². The van der Waals surface area contributed by atoms with Gasteiger partial charge in [0.05, 0.1) is 5.02 Å². The SMILES string of the molecule is CN(Cc1ccncc1)S(=O)(=O)c1cnc(NN)c(Cl)c1. The lowest BCUT2D eigenvalue weighted by molar-refractivity contribution is 0.466. The Morgan fingerprint density at radius 1 is 1.38 bits per heavy atom. The van der Waals surface area contributed by atoms with Crippen molar-refractivity contribution in [2.75, 3.05) is 12.5 Å². The van der Waals surface area contributed by atoms with Crippen LogP contribution in [0.4, 0.5) is 5.82 Å². The normalized spacial score (nSPS) is 11.6. The Bertz CT molecular complexity index is 724. The van der Waals surface area contributed by atoms with Crippen molar-refractivity contribution in [2.45, 2.75) is 11.4 Å². The third-order valence-corrected chi connectivity index (χ3v) is 4.87. The summed E-state index contributed by atoms with van der Waals surface area (Å²) in [7, 11) is -2.20. The average molecular weight is 328 g/mol. The minimum absolute atomic E-state index is 0.00283. The van der Waals surface area contributed by atoms with Gasteiger partial charge in [-0.25, -0.2) is 19.2 Å². The van der Waals surface area contributed by atoms with Crippen LogP contribution in [0, 0.1) is 0 Å². The van der Waals surface area contributed by atoms with Crippen LogP contribution >= 0.6 is 11.6 Å². The second-order valence-electron chi connectivity index (χ2n) is 4.26. The summed E-state index contributed by atoms with van der Waals surface area (Å²) >= 11 is 5.90. The quantitative estimate of drug-likeness (QED) is 0.633. The smallest absolute Gasteiger partial charge is 0.244 e. The van der Waals surface area contributed by atoms with Crippen LogP contribution in [0.25, 0.3) is 0 Å². The van der Waals surface area contributed by atoms with Crippen LogP contribution in [0.1, 0.15) is 5.56 Å². The van der Waals surface area contributed by atoms with Crippen molar-refractivity contribution in [1.29, 1.82) is 0 Å². The van der Waals surface area contributed by atoms with Crippen LogP contribution in [-0.2, 0) is 16.6 Å². The molecule has 2 heterocycles.